The molecule has 1 aromatic carbocycles. The molecule has 2 heterocycles. The summed E-state index contributed by atoms with van der Waals surface area (Å²) in [5.74, 6) is 0.454. The quantitative estimate of drug-likeness (QED) is 0.881. The lowest BCUT2D eigenvalue weighted by Crippen LogP contribution is -2.55. The molecule has 0 spiro atoms. The Morgan fingerprint density at radius 1 is 1.20 bits per heavy atom. The third-order valence-electron chi connectivity index (χ3n) is 6.09. The molecule has 25 heavy (non-hydrogen) atoms. The summed E-state index contributed by atoms with van der Waals surface area (Å²) in [6, 6.07) is 8.35. The van der Waals surface area contributed by atoms with Crippen molar-refractivity contribution in [2.24, 2.45) is 0 Å². The number of aliphatic hydroxyl groups is 1. The van der Waals surface area contributed by atoms with Gasteiger partial charge in [0, 0.05) is 30.9 Å². The zero-order valence-corrected chi connectivity index (χ0v) is 16.3. The Kier molecular flexibility index (Phi) is 4.90. The third-order valence-corrected chi connectivity index (χ3v) is 7.97. The van der Waals surface area contributed by atoms with Crippen molar-refractivity contribution in [3.05, 3.63) is 29.8 Å². The van der Waals surface area contributed by atoms with Gasteiger partial charge in [0.05, 0.1) is 17.1 Å². The topological polar surface area (TPSA) is 60.9 Å². The van der Waals surface area contributed by atoms with E-state index in [0.717, 1.165) is 13.1 Å². The van der Waals surface area contributed by atoms with E-state index in [1.807, 2.05) is 20.0 Å². The van der Waals surface area contributed by atoms with Crippen LogP contribution in [0.15, 0.2) is 24.3 Å². The van der Waals surface area contributed by atoms with Crippen molar-refractivity contribution in [3.8, 4) is 0 Å². The molecule has 2 fully saturated rings. The lowest BCUT2D eigenvalue weighted by atomic mass is 9.88. The van der Waals surface area contributed by atoms with E-state index in [2.05, 4.69) is 34.9 Å². The van der Waals surface area contributed by atoms with Crippen LogP contribution >= 0.6 is 0 Å². The Morgan fingerprint density at radius 2 is 1.84 bits per heavy atom. The summed E-state index contributed by atoms with van der Waals surface area (Å²) in [5.41, 5.74) is 1.39. The standard InChI is InChI=1S/C19H30N2O3S/c1-16-6-4-5-7-17(16)21-11-8-19(22,9-12-21)14-20(3)18(2)10-13-25(23,24)15-18/h4-7,22H,8-15H2,1-3H3. The summed E-state index contributed by atoms with van der Waals surface area (Å²) >= 11 is 0. The van der Waals surface area contributed by atoms with Crippen LogP contribution in [0.1, 0.15) is 31.7 Å². The van der Waals surface area contributed by atoms with Gasteiger partial charge >= 0.3 is 0 Å². The molecule has 0 bridgehead atoms. The van der Waals surface area contributed by atoms with Crippen molar-refractivity contribution in [3.63, 3.8) is 0 Å². The van der Waals surface area contributed by atoms with Crippen LogP contribution in [-0.4, -0.2) is 67.8 Å². The molecule has 0 radical (unpaired) electrons. The second kappa shape index (κ2) is 6.56. The molecule has 1 unspecified atom stereocenters. The number of likely N-dealkylation sites (N-methyl/N-ethyl adjacent to an activating group) is 1. The molecule has 0 aromatic heterocycles. The summed E-state index contributed by atoms with van der Waals surface area (Å²) < 4.78 is 23.7. The normalized spacial score (nSPS) is 28.4. The lowest BCUT2D eigenvalue weighted by Gasteiger charge is -2.45. The smallest absolute Gasteiger partial charge is 0.152 e. The predicted molar refractivity (Wildman–Crippen MR) is 102 cm³/mol. The molecule has 2 aliphatic heterocycles. The van der Waals surface area contributed by atoms with Gasteiger partial charge < -0.3 is 10.0 Å². The second-order valence-electron chi connectivity index (χ2n) is 8.19. The molecule has 140 valence electrons. The van der Waals surface area contributed by atoms with Crippen molar-refractivity contribution in [1.29, 1.82) is 0 Å². The molecular weight excluding hydrogens is 336 g/mol. The van der Waals surface area contributed by atoms with Crippen LogP contribution < -0.4 is 4.90 Å². The van der Waals surface area contributed by atoms with Crippen LogP contribution in [0, 0.1) is 6.92 Å². The summed E-state index contributed by atoms with van der Waals surface area (Å²) in [6.45, 7) is 6.30. The molecule has 1 atom stereocenters. The highest BCUT2D eigenvalue weighted by molar-refractivity contribution is 7.91. The average Bonchev–Trinajstić information content (AvgIpc) is 2.83. The van der Waals surface area contributed by atoms with Gasteiger partial charge in [0.15, 0.2) is 9.84 Å². The highest BCUT2D eigenvalue weighted by atomic mass is 32.2. The molecule has 2 aliphatic rings. The van der Waals surface area contributed by atoms with Crippen LogP contribution in [0.5, 0.6) is 0 Å². The molecule has 1 N–H and O–H groups in total. The monoisotopic (exact) mass is 366 g/mol. The first-order valence-corrected chi connectivity index (χ1v) is 10.9. The van der Waals surface area contributed by atoms with Gasteiger partial charge in [0.2, 0.25) is 0 Å². The highest BCUT2D eigenvalue weighted by Crippen LogP contribution is 2.33. The van der Waals surface area contributed by atoms with E-state index < -0.39 is 15.4 Å². The minimum absolute atomic E-state index is 0.196. The first-order chi connectivity index (χ1) is 11.6. The maximum atomic E-state index is 11.9. The van der Waals surface area contributed by atoms with Gasteiger partial charge in [-0.2, -0.15) is 0 Å². The zero-order valence-electron chi connectivity index (χ0n) is 15.5. The van der Waals surface area contributed by atoms with Gasteiger partial charge in [-0.3, -0.25) is 4.90 Å². The maximum absolute atomic E-state index is 11.9. The van der Waals surface area contributed by atoms with Crippen LogP contribution in [-0.2, 0) is 9.84 Å². The second-order valence-corrected chi connectivity index (χ2v) is 10.4. The average molecular weight is 367 g/mol. The number of β-amino-alcohol motifs (C(OH)–C–C–N with tert-alkyl or cyclic N) is 1. The molecule has 2 saturated heterocycles. The van der Waals surface area contributed by atoms with E-state index in [9.17, 15) is 13.5 Å². The summed E-state index contributed by atoms with van der Waals surface area (Å²) in [5, 5.41) is 11.1. The SMILES string of the molecule is Cc1ccccc1N1CCC(O)(CN(C)C2(C)CCS(=O)(=O)C2)CC1. The third kappa shape index (κ3) is 4.01. The molecule has 3 rings (SSSR count). The number of nitrogens with zero attached hydrogens (tertiary/aromatic N) is 2. The molecule has 5 nitrogen and oxygen atoms in total. The molecule has 0 saturated carbocycles. The fourth-order valence-corrected chi connectivity index (χ4v) is 6.37. The van der Waals surface area contributed by atoms with Crippen LogP contribution in [0.3, 0.4) is 0 Å². The number of hydrogen-bond acceptors (Lipinski definition) is 5. The molecule has 0 aliphatic carbocycles. The van der Waals surface area contributed by atoms with Crippen LogP contribution in [0.4, 0.5) is 5.69 Å². The van der Waals surface area contributed by atoms with E-state index in [-0.39, 0.29) is 17.0 Å². The van der Waals surface area contributed by atoms with Crippen molar-refractivity contribution < 1.29 is 13.5 Å². The number of piperidine rings is 1. The predicted octanol–water partition coefficient (Wildman–Crippen LogP) is 1.84. The van der Waals surface area contributed by atoms with Gasteiger partial charge in [0.1, 0.15) is 0 Å². The van der Waals surface area contributed by atoms with Gasteiger partial charge in [-0.15, -0.1) is 0 Å². The molecular formula is C19H30N2O3S. The summed E-state index contributed by atoms with van der Waals surface area (Å²) in [6.07, 6.45) is 2.06. The van der Waals surface area contributed by atoms with Crippen molar-refractivity contribution in [2.45, 2.75) is 44.2 Å². The molecule has 0 amide bonds. The number of aryl methyl sites for hydroxylation is 1. The summed E-state index contributed by atoms with van der Waals surface area (Å²) in [4.78, 5) is 4.41. The van der Waals surface area contributed by atoms with Crippen molar-refractivity contribution in [2.75, 3.05) is 43.1 Å². The Bertz CT molecular complexity index is 726. The van der Waals surface area contributed by atoms with Crippen molar-refractivity contribution in [1.82, 2.24) is 4.90 Å². The Morgan fingerprint density at radius 3 is 2.40 bits per heavy atom. The van der Waals surface area contributed by atoms with Gasteiger partial charge in [-0.1, -0.05) is 18.2 Å². The van der Waals surface area contributed by atoms with Crippen molar-refractivity contribution >= 4 is 15.5 Å². The van der Waals surface area contributed by atoms with Gasteiger partial charge in [-0.05, 0) is 51.8 Å². The largest absolute Gasteiger partial charge is 0.388 e. The van der Waals surface area contributed by atoms with E-state index >= 15 is 0 Å². The van der Waals surface area contributed by atoms with E-state index in [0.29, 0.717) is 25.8 Å². The first-order valence-electron chi connectivity index (χ1n) is 9.07. The highest BCUT2D eigenvalue weighted by Gasteiger charge is 2.44. The zero-order chi connectivity index (χ0) is 18.3. The Balaban J connectivity index is 1.62. The van der Waals surface area contributed by atoms with Crippen LogP contribution in [0.25, 0.3) is 0 Å². The number of sulfone groups is 1. The first kappa shape index (κ1) is 18.7. The van der Waals surface area contributed by atoms with E-state index in [1.54, 1.807) is 0 Å². The molecule has 1 aromatic rings. The fourth-order valence-electron chi connectivity index (χ4n) is 4.17. The van der Waals surface area contributed by atoms with Gasteiger partial charge in [0.25, 0.3) is 0 Å². The molecule has 6 heteroatoms. The number of rotatable bonds is 4. The summed E-state index contributed by atoms with van der Waals surface area (Å²) in [7, 11) is -0.990. The minimum Gasteiger partial charge on any atom is -0.388 e. The Labute approximate surface area is 151 Å². The van der Waals surface area contributed by atoms with E-state index in [1.165, 1.54) is 11.3 Å². The Hall–Kier alpha value is -1.11. The van der Waals surface area contributed by atoms with E-state index in [4.69, 9.17) is 0 Å². The number of anilines is 1. The number of benzene rings is 1. The minimum atomic E-state index is -2.94. The van der Waals surface area contributed by atoms with Gasteiger partial charge in [-0.25, -0.2) is 8.42 Å². The lowest BCUT2D eigenvalue weighted by molar-refractivity contribution is -0.0312. The number of hydrogen-bond donors (Lipinski definition) is 1. The fraction of sp³-hybridized carbons (Fsp3) is 0.684. The maximum Gasteiger partial charge on any atom is 0.152 e. The number of para-hydroxylation sites is 1. The van der Waals surface area contributed by atoms with Crippen LogP contribution in [0.2, 0.25) is 0 Å².